The molecule has 0 spiro atoms. The normalized spacial score (nSPS) is 10.2. The van der Waals surface area contributed by atoms with Gasteiger partial charge < -0.3 is 9.47 Å². The molecule has 0 saturated heterocycles. The number of methoxy groups -OCH3 is 1. The SMILES string of the molecule is COc1c(C=O)cccc1-c1ccc(C(=O)OCc2ccccc2)cc1. The van der Waals surface area contributed by atoms with Crippen LogP contribution >= 0.6 is 0 Å². The summed E-state index contributed by atoms with van der Waals surface area (Å²) in [5, 5.41) is 0. The molecule has 0 amide bonds. The number of para-hydroxylation sites is 1. The number of benzene rings is 3. The Kier molecular flexibility index (Phi) is 5.44. The molecule has 0 radical (unpaired) electrons. The zero-order valence-corrected chi connectivity index (χ0v) is 14.3. The molecule has 0 aliphatic rings. The third-order valence-corrected chi connectivity index (χ3v) is 4.02. The number of rotatable bonds is 6. The molecule has 0 aliphatic heterocycles. The first-order valence-corrected chi connectivity index (χ1v) is 8.16. The smallest absolute Gasteiger partial charge is 0.338 e. The van der Waals surface area contributed by atoms with Gasteiger partial charge in [-0.15, -0.1) is 0 Å². The Balaban J connectivity index is 1.76. The van der Waals surface area contributed by atoms with Crippen molar-refractivity contribution in [2.75, 3.05) is 7.11 Å². The summed E-state index contributed by atoms with van der Waals surface area (Å²) in [7, 11) is 1.53. The van der Waals surface area contributed by atoms with Gasteiger partial charge in [-0.3, -0.25) is 4.79 Å². The van der Waals surface area contributed by atoms with Crippen LogP contribution < -0.4 is 4.74 Å². The van der Waals surface area contributed by atoms with Gasteiger partial charge in [0.15, 0.2) is 6.29 Å². The molecule has 0 N–H and O–H groups in total. The fourth-order valence-electron chi connectivity index (χ4n) is 2.70. The Morgan fingerprint density at radius 3 is 2.31 bits per heavy atom. The average Bonchev–Trinajstić information content (AvgIpc) is 2.72. The third kappa shape index (κ3) is 3.81. The standard InChI is InChI=1S/C22H18O4/c1-25-21-19(14-23)8-5-9-20(21)17-10-12-18(13-11-17)22(24)26-15-16-6-3-2-4-7-16/h2-14H,15H2,1H3. The maximum absolute atomic E-state index is 12.2. The topological polar surface area (TPSA) is 52.6 Å². The van der Waals surface area contributed by atoms with Crippen LogP contribution in [-0.4, -0.2) is 19.4 Å². The largest absolute Gasteiger partial charge is 0.495 e. The van der Waals surface area contributed by atoms with Gasteiger partial charge in [0, 0.05) is 5.56 Å². The lowest BCUT2D eigenvalue weighted by Gasteiger charge is -2.11. The fourth-order valence-corrected chi connectivity index (χ4v) is 2.70. The Hall–Kier alpha value is -3.40. The summed E-state index contributed by atoms with van der Waals surface area (Å²) in [5.41, 5.74) is 3.53. The van der Waals surface area contributed by atoms with Crippen molar-refractivity contribution in [1.82, 2.24) is 0 Å². The van der Waals surface area contributed by atoms with Crippen LogP contribution in [0, 0.1) is 0 Å². The third-order valence-electron chi connectivity index (χ3n) is 4.02. The van der Waals surface area contributed by atoms with Gasteiger partial charge in [0.2, 0.25) is 0 Å². The highest BCUT2D eigenvalue weighted by molar-refractivity contribution is 5.91. The van der Waals surface area contributed by atoms with E-state index in [1.54, 1.807) is 24.3 Å². The molecular weight excluding hydrogens is 328 g/mol. The fraction of sp³-hybridized carbons (Fsp3) is 0.0909. The number of aldehydes is 1. The maximum atomic E-state index is 12.2. The van der Waals surface area contributed by atoms with Gasteiger partial charge >= 0.3 is 5.97 Å². The Morgan fingerprint density at radius 2 is 1.65 bits per heavy atom. The second kappa shape index (κ2) is 8.12. The van der Waals surface area contributed by atoms with Crippen LogP contribution in [0.4, 0.5) is 0 Å². The van der Waals surface area contributed by atoms with Crippen molar-refractivity contribution in [3.8, 4) is 16.9 Å². The van der Waals surface area contributed by atoms with Crippen LogP contribution in [0.1, 0.15) is 26.3 Å². The summed E-state index contributed by atoms with van der Waals surface area (Å²) in [4.78, 5) is 23.4. The van der Waals surface area contributed by atoms with Gasteiger partial charge in [0.05, 0.1) is 18.2 Å². The van der Waals surface area contributed by atoms with Crippen LogP contribution in [0.15, 0.2) is 72.8 Å². The van der Waals surface area contributed by atoms with Gasteiger partial charge in [-0.2, -0.15) is 0 Å². The molecule has 0 unspecified atom stereocenters. The Bertz CT molecular complexity index is 899. The summed E-state index contributed by atoms with van der Waals surface area (Å²) < 4.78 is 10.7. The first kappa shape index (κ1) is 17.4. The Morgan fingerprint density at radius 1 is 0.923 bits per heavy atom. The predicted octanol–water partition coefficient (Wildman–Crippen LogP) is 4.53. The molecule has 0 heterocycles. The van der Waals surface area contributed by atoms with E-state index in [0.29, 0.717) is 16.9 Å². The quantitative estimate of drug-likeness (QED) is 0.486. The number of hydrogen-bond acceptors (Lipinski definition) is 4. The number of ether oxygens (including phenoxy) is 2. The van der Waals surface area contributed by atoms with Crippen LogP contribution in [0.2, 0.25) is 0 Å². The van der Waals surface area contributed by atoms with Gasteiger partial charge in [-0.1, -0.05) is 54.6 Å². The zero-order valence-electron chi connectivity index (χ0n) is 14.3. The average molecular weight is 346 g/mol. The van der Waals surface area contributed by atoms with Crippen molar-refractivity contribution in [1.29, 1.82) is 0 Å². The monoisotopic (exact) mass is 346 g/mol. The second-order valence-electron chi connectivity index (χ2n) is 5.68. The predicted molar refractivity (Wildman–Crippen MR) is 99.4 cm³/mol. The van der Waals surface area contributed by atoms with Gasteiger partial charge in [0.1, 0.15) is 12.4 Å². The van der Waals surface area contributed by atoms with Crippen molar-refractivity contribution < 1.29 is 19.1 Å². The molecule has 0 fully saturated rings. The van der Waals surface area contributed by atoms with Crippen LogP contribution in [0.25, 0.3) is 11.1 Å². The summed E-state index contributed by atoms with van der Waals surface area (Å²) in [5.74, 6) is 0.135. The lowest BCUT2D eigenvalue weighted by Crippen LogP contribution is -2.05. The molecule has 0 aliphatic carbocycles. The summed E-state index contributed by atoms with van der Waals surface area (Å²) >= 11 is 0. The molecule has 0 saturated carbocycles. The van der Waals surface area contributed by atoms with Crippen LogP contribution in [0.5, 0.6) is 5.75 Å². The highest BCUT2D eigenvalue weighted by Crippen LogP contribution is 2.32. The van der Waals surface area contributed by atoms with E-state index < -0.39 is 0 Å². The highest BCUT2D eigenvalue weighted by Gasteiger charge is 2.12. The summed E-state index contributed by atoms with van der Waals surface area (Å²) in [6.07, 6.45) is 0.762. The molecule has 0 bridgehead atoms. The molecule has 0 aromatic heterocycles. The van der Waals surface area contributed by atoms with E-state index in [2.05, 4.69) is 0 Å². The second-order valence-corrected chi connectivity index (χ2v) is 5.68. The lowest BCUT2D eigenvalue weighted by atomic mass is 10.0. The van der Waals surface area contributed by atoms with E-state index in [1.807, 2.05) is 48.5 Å². The molecule has 3 aromatic rings. The number of carbonyl (C=O) groups is 2. The number of hydrogen-bond donors (Lipinski definition) is 0. The van der Waals surface area contributed by atoms with Crippen LogP contribution in [0.3, 0.4) is 0 Å². The minimum atomic E-state index is -0.381. The molecule has 3 rings (SSSR count). The molecule has 3 aromatic carbocycles. The van der Waals surface area contributed by atoms with Crippen molar-refractivity contribution >= 4 is 12.3 Å². The lowest BCUT2D eigenvalue weighted by molar-refractivity contribution is 0.0472. The molecule has 4 heteroatoms. The molecule has 26 heavy (non-hydrogen) atoms. The molecule has 0 atom stereocenters. The van der Waals surface area contributed by atoms with Gasteiger partial charge in [-0.05, 0) is 29.3 Å². The first-order chi connectivity index (χ1) is 12.7. The first-order valence-electron chi connectivity index (χ1n) is 8.16. The number of esters is 1. The van der Waals surface area contributed by atoms with Gasteiger partial charge in [-0.25, -0.2) is 4.79 Å². The van der Waals surface area contributed by atoms with E-state index in [0.717, 1.165) is 23.0 Å². The van der Waals surface area contributed by atoms with Crippen molar-refractivity contribution in [3.05, 3.63) is 89.5 Å². The maximum Gasteiger partial charge on any atom is 0.338 e. The Labute approximate surface area is 152 Å². The van der Waals surface area contributed by atoms with E-state index >= 15 is 0 Å². The van der Waals surface area contributed by atoms with Crippen molar-refractivity contribution in [2.45, 2.75) is 6.61 Å². The van der Waals surface area contributed by atoms with E-state index in [9.17, 15) is 9.59 Å². The van der Waals surface area contributed by atoms with Crippen molar-refractivity contribution in [3.63, 3.8) is 0 Å². The van der Waals surface area contributed by atoms with Crippen molar-refractivity contribution in [2.24, 2.45) is 0 Å². The summed E-state index contributed by atoms with van der Waals surface area (Å²) in [6, 6.07) is 21.9. The van der Waals surface area contributed by atoms with E-state index in [4.69, 9.17) is 9.47 Å². The van der Waals surface area contributed by atoms with Gasteiger partial charge in [0.25, 0.3) is 0 Å². The highest BCUT2D eigenvalue weighted by atomic mass is 16.5. The molecular formula is C22H18O4. The number of carbonyl (C=O) groups excluding carboxylic acids is 2. The minimum absolute atomic E-state index is 0.233. The minimum Gasteiger partial charge on any atom is -0.495 e. The summed E-state index contributed by atoms with van der Waals surface area (Å²) in [6.45, 7) is 0.233. The molecule has 4 nitrogen and oxygen atoms in total. The zero-order chi connectivity index (χ0) is 18.4. The van der Waals surface area contributed by atoms with E-state index in [-0.39, 0.29) is 12.6 Å². The molecule has 130 valence electrons. The van der Waals surface area contributed by atoms with Crippen LogP contribution in [-0.2, 0) is 11.3 Å². The van der Waals surface area contributed by atoms with E-state index in [1.165, 1.54) is 7.11 Å².